The van der Waals surface area contributed by atoms with E-state index in [-0.39, 0.29) is 17.9 Å². The van der Waals surface area contributed by atoms with Crippen molar-refractivity contribution in [3.8, 4) is 0 Å². The van der Waals surface area contributed by atoms with Gasteiger partial charge in [-0.15, -0.1) is 0 Å². The highest BCUT2D eigenvalue weighted by Crippen LogP contribution is 2.23. The molecule has 6 nitrogen and oxygen atoms in total. The van der Waals surface area contributed by atoms with E-state index in [1.807, 2.05) is 6.92 Å². The molecule has 0 aromatic carbocycles. The summed E-state index contributed by atoms with van der Waals surface area (Å²) in [6.45, 7) is 4.37. The lowest BCUT2D eigenvalue weighted by molar-refractivity contribution is -0.142. The van der Waals surface area contributed by atoms with Crippen molar-refractivity contribution in [3.63, 3.8) is 0 Å². The molecule has 2 heterocycles. The van der Waals surface area contributed by atoms with E-state index in [1.165, 1.54) is 0 Å². The Morgan fingerprint density at radius 3 is 2.71 bits per heavy atom. The lowest BCUT2D eigenvalue weighted by Crippen LogP contribution is -2.52. The van der Waals surface area contributed by atoms with Gasteiger partial charge in [-0.25, -0.2) is 0 Å². The van der Waals surface area contributed by atoms with Gasteiger partial charge >= 0.3 is 5.97 Å². The van der Waals surface area contributed by atoms with E-state index >= 15 is 0 Å². The molecule has 2 aliphatic rings. The molecule has 2 aliphatic heterocycles. The molecule has 17 heavy (non-hydrogen) atoms. The van der Waals surface area contributed by atoms with Crippen LogP contribution >= 0.6 is 0 Å². The number of ether oxygens (including phenoxy) is 1. The van der Waals surface area contributed by atoms with Gasteiger partial charge in [0.05, 0.1) is 19.1 Å². The first-order valence-electron chi connectivity index (χ1n) is 5.92. The van der Waals surface area contributed by atoms with Crippen LogP contribution in [0.1, 0.15) is 6.92 Å². The Bertz CT molecular complexity index is 315. The second-order valence-corrected chi connectivity index (χ2v) is 4.75. The van der Waals surface area contributed by atoms with Gasteiger partial charge in [0, 0.05) is 19.6 Å². The molecule has 0 spiro atoms. The monoisotopic (exact) mass is 242 g/mol. The Balaban J connectivity index is 1.94. The van der Waals surface area contributed by atoms with E-state index in [9.17, 15) is 9.59 Å². The fourth-order valence-electron chi connectivity index (χ4n) is 2.41. The molecular weight excluding hydrogens is 224 g/mol. The topological polar surface area (TPSA) is 78.9 Å². The zero-order valence-corrected chi connectivity index (χ0v) is 9.89. The van der Waals surface area contributed by atoms with E-state index in [2.05, 4.69) is 5.32 Å². The quantitative estimate of drug-likeness (QED) is 0.659. The average Bonchev–Trinajstić information content (AvgIpc) is 2.71. The molecule has 0 radical (unpaired) electrons. The Labute approximate surface area is 99.9 Å². The van der Waals surface area contributed by atoms with Gasteiger partial charge in [-0.1, -0.05) is 6.92 Å². The highest BCUT2D eigenvalue weighted by atomic mass is 16.5. The Hall–Kier alpha value is -1.14. The number of carboxylic acid groups (broad SMARTS) is 1. The Morgan fingerprint density at radius 1 is 1.41 bits per heavy atom. The molecule has 0 aromatic heterocycles. The number of carbonyl (C=O) groups is 2. The number of carboxylic acids is 1. The number of likely N-dealkylation sites (tertiary alicyclic amines) is 1. The Kier molecular flexibility index (Phi) is 3.63. The van der Waals surface area contributed by atoms with Crippen molar-refractivity contribution in [2.75, 3.05) is 32.8 Å². The number of carbonyl (C=O) groups excluding carboxylic acids is 1. The number of rotatable bonds is 2. The van der Waals surface area contributed by atoms with Crippen LogP contribution in [-0.4, -0.2) is 60.8 Å². The summed E-state index contributed by atoms with van der Waals surface area (Å²) in [5.74, 6) is -1.29. The van der Waals surface area contributed by atoms with E-state index in [0.29, 0.717) is 32.8 Å². The van der Waals surface area contributed by atoms with Crippen molar-refractivity contribution in [3.05, 3.63) is 0 Å². The SMILES string of the molecule is CC1CN(C(=O)C2COCCN2)CC1C(=O)O. The lowest BCUT2D eigenvalue weighted by atomic mass is 9.99. The zero-order chi connectivity index (χ0) is 12.4. The summed E-state index contributed by atoms with van der Waals surface area (Å²) in [5.41, 5.74) is 0. The number of amides is 1. The lowest BCUT2D eigenvalue weighted by Gasteiger charge is -2.27. The predicted molar refractivity (Wildman–Crippen MR) is 59.5 cm³/mol. The molecule has 3 unspecified atom stereocenters. The van der Waals surface area contributed by atoms with Gasteiger partial charge in [0.2, 0.25) is 5.91 Å². The third-order valence-corrected chi connectivity index (χ3v) is 3.46. The molecule has 96 valence electrons. The fourth-order valence-corrected chi connectivity index (χ4v) is 2.41. The number of nitrogens with zero attached hydrogens (tertiary/aromatic N) is 1. The van der Waals surface area contributed by atoms with Gasteiger partial charge in [0.25, 0.3) is 0 Å². The molecule has 0 aliphatic carbocycles. The molecule has 3 atom stereocenters. The summed E-state index contributed by atoms with van der Waals surface area (Å²) in [4.78, 5) is 24.7. The summed E-state index contributed by atoms with van der Waals surface area (Å²) < 4.78 is 5.24. The second kappa shape index (κ2) is 5.01. The molecule has 0 bridgehead atoms. The third kappa shape index (κ3) is 2.58. The van der Waals surface area contributed by atoms with E-state index in [0.717, 1.165) is 0 Å². The van der Waals surface area contributed by atoms with Crippen LogP contribution in [0.2, 0.25) is 0 Å². The molecule has 2 rings (SSSR count). The average molecular weight is 242 g/mol. The van der Waals surface area contributed by atoms with Crippen LogP contribution in [0.3, 0.4) is 0 Å². The van der Waals surface area contributed by atoms with Gasteiger partial charge in [-0.05, 0) is 5.92 Å². The largest absolute Gasteiger partial charge is 0.481 e. The summed E-state index contributed by atoms with van der Waals surface area (Å²) in [6.07, 6.45) is 0. The maximum atomic E-state index is 12.1. The van der Waals surface area contributed by atoms with Crippen LogP contribution in [0.4, 0.5) is 0 Å². The van der Waals surface area contributed by atoms with Crippen LogP contribution < -0.4 is 5.32 Å². The van der Waals surface area contributed by atoms with Crippen molar-refractivity contribution in [2.45, 2.75) is 13.0 Å². The highest BCUT2D eigenvalue weighted by Gasteiger charge is 2.39. The zero-order valence-electron chi connectivity index (χ0n) is 9.89. The molecule has 0 aromatic rings. The molecule has 6 heteroatoms. The molecular formula is C11H18N2O4. The third-order valence-electron chi connectivity index (χ3n) is 3.46. The van der Waals surface area contributed by atoms with Crippen LogP contribution in [0, 0.1) is 11.8 Å². The van der Waals surface area contributed by atoms with E-state index in [1.54, 1.807) is 4.90 Å². The van der Waals surface area contributed by atoms with Gasteiger partial charge in [-0.3, -0.25) is 9.59 Å². The minimum atomic E-state index is -0.819. The van der Waals surface area contributed by atoms with Crippen molar-refractivity contribution >= 4 is 11.9 Å². The number of morpholine rings is 1. The van der Waals surface area contributed by atoms with Gasteiger partial charge < -0.3 is 20.1 Å². The molecule has 0 saturated carbocycles. The number of nitrogens with one attached hydrogen (secondary N) is 1. The van der Waals surface area contributed by atoms with Crippen molar-refractivity contribution < 1.29 is 19.4 Å². The first-order chi connectivity index (χ1) is 8.09. The van der Waals surface area contributed by atoms with Gasteiger partial charge in [-0.2, -0.15) is 0 Å². The second-order valence-electron chi connectivity index (χ2n) is 4.75. The number of aliphatic carboxylic acids is 1. The van der Waals surface area contributed by atoms with Gasteiger partial charge in [0.15, 0.2) is 0 Å². The Morgan fingerprint density at radius 2 is 2.18 bits per heavy atom. The highest BCUT2D eigenvalue weighted by molar-refractivity contribution is 5.83. The summed E-state index contributed by atoms with van der Waals surface area (Å²) in [6, 6.07) is -0.316. The van der Waals surface area contributed by atoms with Crippen LogP contribution in [0.15, 0.2) is 0 Å². The normalized spacial score (nSPS) is 33.7. The fraction of sp³-hybridized carbons (Fsp3) is 0.818. The van der Waals surface area contributed by atoms with Crippen molar-refractivity contribution in [2.24, 2.45) is 11.8 Å². The molecule has 2 saturated heterocycles. The minimum absolute atomic E-state index is 0.0148. The predicted octanol–water partition coefficient (Wildman–Crippen LogP) is -0.846. The molecule has 2 fully saturated rings. The summed E-state index contributed by atoms with van der Waals surface area (Å²) in [5, 5.41) is 12.1. The number of hydrogen-bond donors (Lipinski definition) is 2. The molecule has 2 N–H and O–H groups in total. The standard InChI is InChI=1S/C11H18N2O4/c1-7-4-13(5-8(7)11(15)16)10(14)9-6-17-3-2-12-9/h7-9,12H,2-6H2,1H3,(H,15,16). The number of hydrogen-bond acceptors (Lipinski definition) is 4. The first-order valence-corrected chi connectivity index (χ1v) is 5.92. The summed E-state index contributed by atoms with van der Waals surface area (Å²) >= 11 is 0. The van der Waals surface area contributed by atoms with E-state index in [4.69, 9.17) is 9.84 Å². The maximum absolute atomic E-state index is 12.1. The minimum Gasteiger partial charge on any atom is -0.481 e. The van der Waals surface area contributed by atoms with E-state index < -0.39 is 11.9 Å². The van der Waals surface area contributed by atoms with Crippen molar-refractivity contribution in [1.82, 2.24) is 10.2 Å². The van der Waals surface area contributed by atoms with Crippen LogP contribution in [0.25, 0.3) is 0 Å². The smallest absolute Gasteiger partial charge is 0.308 e. The first kappa shape index (κ1) is 12.3. The van der Waals surface area contributed by atoms with Crippen LogP contribution in [0.5, 0.6) is 0 Å². The molecule has 1 amide bonds. The maximum Gasteiger partial charge on any atom is 0.308 e. The van der Waals surface area contributed by atoms with Gasteiger partial charge in [0.1, 0.15) is 6.04 Å². The summed E-state index contributed by atoms with van der Waals surface area (Å²) in [7, 11) is 0. The van der Waals surface area contributed by atoms with Crippen molar-refractivity contribution in [1.29, 1.82) is 0 Å². The van der Waals surface area contributed by atoms with Crippen LogP contribution in [-0.2, 0) is 14.3 Å².